The number of aromatic nitrogens is 3. The van der Waals surface area contributed by atoms with Crippen LogP contribution < -0.4 is 16.4 Å². The van der Waals surface area contributed by atoms with Crippen LogP contribution in [0.5, 0.6) is 0 Å². The number of likely N-dealkylation sites (N-methyl/N-ethyl adjacent to an activating group) is 1. The summed E-state index contributed by atoms with van der Waals surface area (Å²) >= 11 is 0. The van der Waals surface area contributed by atoms with E-state index in [-0.39, 0.29) is 0 Å². The van der Waals surface area contributed by atoms with Crippen molar-refractivity contribution in [2.24, 2.45) is 0 Å². The Morgan fingerprint density at radius 3 is 2.40 bits per heavy atom. The summed E-state index contributed by atoms with van der Waals surface area (Å²) in [4.78, 5) is 18.3. The van der Waals surface area contributed by atoms with E-state index in [0.717, 1.165) is 67.3 Å². The number of benzene rings is 2. The van der Waals surface area contributed by atoms with E-state index in [1.807, 2.05) is 36.5 Å². The Kier molecular flexibility index (Phi) is 8.71. The van der Waals surface area contributed by atoms with Gasteiger partial charge in [0.05, 0.1) is 0 Å². The monoisotopic (exact) mass is 558 g/mol. The van der Waals surface area contributed by atoms with E-state index in [4.69, 9.17) is 5.73 Å². The molecule has 214 valence electrons. The molecule has 0 amide bonds. The van der Waals surface area contributed by atoms with E-state index < -0.39 is 0 Å². The average molecular weight is 559 g/mol. The number of hydrogen-bond donors (Lipinski definition) is 3. The second kappa shape index (κ2) is 13.1. The van der Waals surface area contributed by atoms with E-state index in [1.165, 1.54) is 30.4 Å². The van der Waals surface area contributed by atoms with Gasteiger partial charge in [-0.1, -0.05) is 36.6 Å². The Morgan fingerprint density at radius 2 is 1.69 bits per heavy atom. The molecule has 2 fully saturated rings. The lowest BCUT2D eigenvalue weighted by atomic mass is 9.93. The van der Waals surface area contributed by atoms with Crippen molar-refractivity contribution in [1.82, 2.24) is 30.1 Å². The first-order chi connectivity index (χ1) is 20.6. The second-order valence-electron chi connectivity index (χ2n) is 11.3. The van der Waals surface area contributed by atoms with Crippen LogP contribution in [0.3, 0.4) is 0 Å². The largest absolute Gasteiger partial charge is 0.383 e. The average Bonchev–Trinajstić information content (AvgIpc) is 2.98. The second-order valence-corrected chi connectivity index (χ2v) is 11.3. The van der Waals surface area contributed by atoms with Gasteiger partial charge >= 0.3 is 0 Å². The lowest BCUT2D eigenvalue weighted by Gasteiger charge is -2.32. The van der Waals surface area contributed by atoms with E-state index in [2.05, 4.69) is 84.6 Å². The standard InChI is InChI=1S/C34H38N8/c1-41-17-19-42(20-18-41)24-26-5-10-28(11-6-26)32-23-38-34(40-33(32)35)39-30-12-7-25(8-13-30)9-14-31-21-27(15-16-36-31)22-37-29-3-2-4-29/h5-8,10-13,15-16,21,23,29,37H,2-4,17-20,22,24H2,1H3,(H3,35,38,39,40). The summed E-state index contributed by atoms with van der Waals surface area (Å²) in [5, 5.41) is 6.83. The number of piperazine rings is 1. The number of nitrogen functional groups attached to an aromatic ring is 1. The highest BCUT2D eigenvalue weighted by atomic mass is 15.2. The van der Waals surface area contributed by atoms with Crippen LogP contribution in [0.25, 0.3) is 11.1 Å². The highest BCUT2D eigenvalue weighted by Crippen LogP contribution is 2.26. The third kappa shape index (κ3) is 7.31. The van der Waals surface area contributed by atoms with Crippen molar-refractivity contribution in [3.8, 4) is 23.0 Å². The zero-order valence-corrected chi connectivity index (χ0v) is 24.2. The van der Waals surface area contributed by atoms with Crippen molar-refractivity contribution in [2.75, 3.05) is 44.3 Å². The Hall–Kier alpha value is -4.29. The van der Waals surface area contributed by atoms with Crippen molar-refractivity contribution < 1.29 is 0 Å². The fraction of sp³-hybridized carbons (Fsp3) is 0.324. The molecule has 0 spiro atoms. The molecule has 42 heavy (non-hydrogen) atoms. The SMILES string of the molecule is CN1CCN(Cc2ccc(-c3cnc(Nc4ccc(C#Cc5cc(CNC6CCC6)ccn5)cc4)nc3N)cc2)CC1. The number of nitrogens with one attached hydrogen (secondary N) is 2. The van der Waals surface area contributed by atoms with Crippen LogP contribution in [-0.4, -0.2) is 64.0 Å². The van der Waals surface area contributed by atoms with Gasteiger partial charge in [-0.25, -0.2) is 9.97 Å². The van der Waals surface area contributed by atoms with Crippen LogP contribution in [0.2, 0.25) is 0 Å². The first-order valence-electron chi connectivity index (χ1n) is 14.8. The minimum absolute atomic E-state index is 0.444. The maximum Gasteiger partial charge on any atom is 0.229 e. The molecule has 4 N–H and O–H groups in total. The van der Waals surface area contributed by atoms with Crippen LogP contribution in [0.15, 0.2) is 73.1 Å². The summed E-state index contributed by atoms with van der Waals surface area (Å²) in [7, 11) is 2.18. The molecule has 0 unspecified atom stereocenters. The molecular weight excluding hydrogens is 520 g/mol. The van der Waals surface area contributed by atoms with Crippen molar-refractivity contribution in [3.05, 3.63) is 95.4 Å². The highest BCUT2D eigenvalue weighted by Gasteiger charge is 2.16. The topological polar surface area (TPSA) is 95.2 Å². The summed E-state index contributed by atoms with van der Waals surface area (Å²) in [5.74, 6) is 7.30. The minimum atomic E-state index is 0.444. The van der Waals surface area contributed by atoms with Gasteiger partial charge in [0.25, 0.3) is 0 Å². The van der Waals surface area contributed by atoms with Crippen LogP contribution in [0, 0.1) is 11.8 Å². The minimum Gasteiger partial charge on any atom is -0.383 e. The van der Waals surface area contributed by atoms with E-state index >= 15 is 0 Å². The molecule has 2 aliphatic rings. The lowest BCUT2D eigenvalue weighted by Crippen LogP contribution is -2.43. The fourth-order valence-corrected chi connectivity index (χ4v) is 5.16. The molecule has 6 rings (SSSR count). The maximum absolute atomic E-state index is 6.35. The molecule has 1 aliphatic heterocycles. The zero-order chi connectivity index (χ0) is 28.7. The van der Waals surface area contributed by atoms with Crippen LogP contribution in [0.1, 0.15) is 41.6 Å². The summed E-state index contributed by atoms with van der Waals surface area (Å²) in [6, 6.07) is 21.2. The summed E-state index contributed by atoms with van der Waals surface area (Å²) < 4.78 is 0. The molecule has 0 bridgehead atoms. The van der Waals surface area contributed by atoms with Crippen molar-refractivity contribution >= 4 is 17.5 Å². The van der Waals surface area contributed by atoms with Gasteiger partial charge in [0, 0.05) is 74.5 Å². The molecule has 3 heterocycles. The third-order valence-corrected chi connectivity index (χ3v) is 8.09. The molecule has 2 aromatic carbocycles. The van der Waals surface area contributed by atoms with Crippen LogP contribution >= 0.6 is 0 Å². The lowest BCUT2D eigenvalue weighted by molar-refractivity contribution is 0.148. The molecule has 1 saturated carbocycles. The number of anilines is 3. The van der Waals surface area contributed by atoms with Crippen LogP contribution in [-0.2, 0) is 13.1 Å². The van der Waals surface area contributed by atoms with Gasteiger partial charge in [-0.05, 0) is 78.9 Å². The molecule has 4 aromatic rings. The first-order valence-corrected chi connectivity index (χ1v) is 14.8. The molecule has 0 atom stereocenters. The van der Waals surface area contributed by atoms with Gasteiger partial charge < -0.3 is 21.3 Å². The van der Waals surface area contributed by atoms with E-state index in [9.17, 15) is 0 Å². The fourth-order valence-electron chi connectivity index (χ4n) is 5.16. The predicted octanol–water partition coefficient (Wildman–Crippen LogP) is 4.65. The summed E-state index contributed by atoms with van der Waals surface area (Å²) in [5.41, 5.74) is 13.3. The number of hydrogen-bond acceptors (Lipinski definition) is 8. The number of pyridine rings is 1. The van der Waals surface area contributed by atoms with Gasteiger partial charge in [0.1, 0.15) is 11.5 Å². The quantitative estimate of drug-likeness (QED) is 0.269. The molecule has 1 saturated heterocycles. The third-order valence-electron chi connectivity index (χ3n) is 8.09. The number of nitrogens with zero attached hydrogens (tertiary/aromatic N) is 5. The van der Waals surface area contributed by atoms with Gasteiger partial charge in [0.2, 0.25) is 5.95 Å². The normalized spacial score (nSPS) is 15.9. The van der Waals surface area contributed by atoms with Gasteiger partial charge in [-0.2, -0.15) is 4.98 Å². The summed E-state index contributed by atoms with van der Waals surface area (Å²) in [6.07, 6.45) is 7.50. The molecule has 2 aromatic heterocycles. The first kappa shape index (κ1) is 27.9. The van der Waals surface area contributed by atoms with E-state index in [1.54, 1.807) is 6.20 Å². The summed E-state index contributed by atoms with van der Waals surface area (Å²) in [6.45, 7) is 6.28. The molecule has 0 radical (unpaired) electrons. The van der Waals surface area contributed by atoms with Crippen molar-refractivity contribution in [3.63, 3.8) is 0 Å². The maximum atomic E-state index is 6.35. The predicted molar refractivity (Wildman–Crippen MR) is 169 cm³/mol. The Labute approximate surface area is 248 Å². The van der Waals surface area contributed by atoms with Gasteiger partial charge in [0.15, 0.2) is 0 Å². The molecular formula is C34H38N8. The van der Waals surface area contributed by atoms with Gasteiger partial charge in [-0.15, -0.1) is 0 Å². The molecule has 8 nitrogen and oxygen atoms in total. The Morgan fingerprint density at radius 1 is 0.905 bits per heavy atom. The van der Waals surface area contributed by atoms with E-state index in [0.29, 0.717) is 17.8 Å². The van der Waals surface area contributed by atoms with Crippen molar-refractivity contribution in [2.45, 2.75) is 38.4 Å². The van der Waals surface area contributed by atoms with Crippen LogP contribution in [0.4, 0.5) is 17.5 Å². The zero-order valence-electron chi connectivity index (χ0n) is 24.2. The smallest absolute Gasteiger partial charge is 0.229 e. The molecule has 8 heteroatoms. The molecule has 1 aliphatic carbocycles. The number of nitrogens with two attached hydrogens (primary N) is 1. The number of rotatable bonds is 8. The Bertz CT molecular complexity index is 1540. The van der Waals surface area contributed by atoms with Gasteiger partial charge in [-0.3, -0.25) is 4.90 Å². The Balaban J connectivity index is 1.04. The highest BCUT2D eigenvalue weighted by molar-refractivity contribution is 5.74. The van der Waals surface area contributed by atoms with Crippen molar-refractivity contribution in [1.29, 1.82) is 0 Å².